The first kappa shape index (κ1) is 13.9. The summed E-state index contributed by atoms with van der Waals surface area (Å²) in [4.78, 5) is 4.58. The number of nitrogen functional groups attached to an aromatic ring is 1. The molecule has 0 atom stereocenters. The minimum absolute atomic E-state index is 0.504. The van der Waals surface area contributed by atoms with E-state index in [1.807, 2.05) is 31.2 Å². The Hall–Kier alpha value is -2.08. The Morgan fingerprint density at radius 2 is 2.14 bits per heavy atom. The average molecular weight is 302 g/mol. The van der Waals surface area contributed by atoms with Crippen molar-refractivity contribution < 1.29 is 4.74 Å². The van der Waals surface area contributed by atoms with E-state index < -0.39 is 0 Å². The lowest BCUT2D eigenvalue weighted by molar-refractivity contribution is 0.271. The topological polar surface area (TPSA) is 66.0 Å². The van der Waals surface area contributed by atoms with Crippen LogP contribution >= 0.6 is 11.3 Å². The van der Waals surface area contributed by atoms with Gasteiger partial charge in [0.25, 0.3) is 0 Å². The van der Waals surface area contributed by atoms with Crippen LogP contribution in [0.3, 0.4) is 0 Å². The molecule has 0 unspecified atom stereocenters. The van der Waals surface area contributed by atoms with Crippen LogP contribution in [0.2, 0.25) is 0 Å². The number of aromatic nitrogens is 3. The van der Waals surface area contributed by atoms with Crippen LogP contribution in [0.4, 0.5) is 5.82 Å². The lowest BCUT2D eigenvalue weighted by Crippen LogP contribution is -2.04. The molecule has 0 spiro atoms. The second-order valence-corrected chi connectivity index (χ2v) is 6.46. The van der Waals surface area contributed by atoms with Crippen molar-refractivity contribution in [3.63, 3.8) is 0 Å². The fourth-order valence-electron chi connectivity index (χ4n) is 2.01. The number of hydrogen-bond acceptors (Lipinski definition) is 5. The summed E-state index contributed by atoms with van der Waals surface area (Å²) < 4.78 is 8.49. The second kappa shape index (κ2) is 5.37. The predicted molar refractivity (Wildman–Crippen MR) is 86.2 cm³/mol. The molecule has 2 heterocycles. The number of benzene rings is 1. The molecule has 1 aromatic carbocycles. The number of fused-ring (bicyclic) bond motifs is 1. The molecule has 3 aromatic rings. The maximum Gasteiger partial charge on any atom is 0.213 e. The van der Waals surface area contributed by atoms with Crippen LogP contribution in [0, 0.1) is 12.8 Å². The van der Waals surface area contributed by atoms with Gasteiger partial charge in [-0.25, -0.2) is 4.98 Å². The van der Waals surface area contributed by atoms with Crippen LogP contribution in [-0.4, -0.2) is 21.4 Å². The van der Waals surface area contributed by atoms with Gasteiger partial charge in [0.05, 0.1) is 22.5 Å². The fraction of sp³-hybridized carbons (Fsp3) is 0.333. The zero-order valence-corrected chi connectivity index (χ0v) is 13.1. The zero-order valence-electron chi connectivity index (χ0n) is 12.3. The average Bonchev–Trinajstić information content (AvgIpc) is 2.98. The molecule has 3 rings (SSSR count). The van der Waals surface area contributed by atoms with E-state index in [9.17, 15) is 0 Å². The Balaban J connectivity index is 1.94. The van der Waals surface area contributed by atoms with Gasteiger partial charge >= 0.3 is 0 Å². The van der Waals surface area contributed by atoms with Crippen molar-refractivity contribution in [1.29, 1.82) is 0 Å². The molecule has 0 radical (unpaired) electrons. The molecule has 0 fully saturated rings. The second-order valence-electron chi connectivity index (χ2n) is 5.45. The van der Waals surface area contributed by atoms with E-state index in [0.717, 1.165) is 26.8 Å². The summed E-state index contributed by atoms with van der Waals surface area (Å²) in [6.07, 6.45) is 0. The molecule has 2 N–H and O–H groups in total. The number of nitrogens with zero attached hydrogens (tertiary/aromatic N) is 3. The molecular weight excluding hydrogens is 284 g/mol. The van der Waals surface area contributed by atoms with Crippen molar-refractivity contribution in [2.45, 2.75) is 20.8 Å². The first-order valence-corrected chi connectivity index (χ1v) is 7.70. The van der Waals surface area contributed by atoms with E-state index in [4.69, 9.17) is 10.5 Å². The fourth-order valence-corrected chi connectivity index (χ4v) is 2.98. The van der Waals surface area contributed by atoms with Crippen LogP contribution in [0.25, 0.3) is 15.3 Å². The van der Waals surface area contributed by atoms with Crippen molar-refractivity contribution in [2.75, 3.05) is 12.3 Å². The van der Waals surface area contributed by atoms with Gasteiger partial charge in [0.1, 0.15) is 11.6 Å². The van der Waals surface area contributed by atoms with Crippen molar-refractivity contribution >= 4 is 27.4 Å². The molecule has 110 valence electrons. The van der Waals surface area contributed by atoms with Gasteiger partial charge in [0.15, 0.2) is 0 Å². The normalized spacial score (nSPS) is 11.4. The van der Waals surface area contributed by atoms with Gasteiger partial charge in [-0.1, -0.05) is 25.2 Å². The SMILES string of the molecule is Cc1cc(N)n(-c2nc3ccc(OCC(C)C)cc3s2)n1. The minimum Gasteiger partial charge on any atom is -0.493 e. The van der Waals surface area contributed by atoms with Gasteiger partial charge in [-0.3, -0.25) is 0 Å². The molecular formula is C15H18N4OS. The molecule has 21 heavy (non-hydrogen) atoms. The summed E-state index contributed by atoms with van der Waals surface area (Å²) in [6, 6.07) is 7.78. The highest BCUT2D eigenvalue weighted by Gasteiger charge is 2.11. The Morgan fingerprint density at radius 1 is 1.33 bits per heavy atom. The number of rotatable bonds is 4. The van der Waals surface area contributed by atoms with Crippen molar-refractivity contribution in [3.8, 4) is 10.9 Å². The molecule has 0 aliphatic rings. The van der Waals surface area contributed by atoms with Crippen LogP contribution in [-0.2, 0) is 0 Å². The molecule has 0 aliphatic heterocycles. The zero-order chi connectivity index (χ0) is 15.0. The predicted octanol–water partition coefficient (Wildman–Crippen LogP) is 3.41. The van der Waals surface area contributed by atoms with E-state index in [1.54, 1.807) is 16.0 Å². The number of aryl methyl sites for hydroxylation is 1. The third-order valence-corrected chi connectivity index (χ3v) is 3.97. The summed E-state index contributed by atoms with van der Waals surface area (Å²) in [5.41, 5.74) is 7.76. The number of thiazole rings is 1. The van der Waals surface area contributed by atoms with Crippen LogP contribution < -0.4 is 10.5 Å². The monoisotopic (exact) mass is 302 g/mol. The van der Waals surface area contributed by atoms with Crippen LogP contribution in [0.1, 0.15) is 19.5 Å². The highest BCUT2D eigenvalue weighted by molar-refractivity contribution is 7.20. The number of hydrogen-bond donors (Lipinski definition) is 1. The molecule has 0 aliphatic carbocycles. The molecule has 2 aromatic heterocycles. The maximum absolute atomic E-state index is 5.95. The van der Waals surface area contributed by atoms with Gasteiger partial charge in [-0.05, 0) is 31.0 Å². The van der Waals surface area contributed by atoms with Gasteiger partial charge in [0.2, 0.25) is 5.13 Å². The summed E-state index contributed by atoms with van der Waals surface area (Å²) >= 11 is 1.56. The quantitative estimate of drug-likeness (QED) is 0.802. The van der Waals surface area contributed by atoms with Crippen molar-refractivity contribution in [1.82, 2.24) is 14.8 Å². The summed E-state index contributed by atoms with van der Waals surface area (Å²) in [5.74, 6) is 1.98. The molecule has 0 amide bonds. The molecule has 0 bridgehead atoms. The summed E-state index contributed by atoms with van der Waals surface area (Å²) in [7, 11) is 0. The van der Waals surface area contributed by atoms with Gasteiger partial charge in [-0.2, -0.15) is 9.78 Å². The lowest BCUT2D eigenvalue weighted by Gasteiger charge is -2.07. The third-order valence-electron chi connectivity index (χ3n) is 2.97. The molecule has 0 saturated heterocycles. The minimum atomic E-state index is 0.504. The largest absolute Gasteiger partial charge is 0.493 e. The highest BCUT2D eigenvalue weighted by atomic mass is 32.1. The first-order valence-electron chi connectivity index (χ1n) is 6.89. The van der Waals surface area contributed by atoms with Crippen LogP contribution in [0.15, 0.2) is 24.3 Å². The first-order chi connectivity index (χ1) is 10.0. The Kier molecular flexibility index (Phi) is 3.55. The lowest BCUT2D eigenvalue weighted by atomic mass is 10.2. The number of ether oxygens (including phenoxy) is 1. The van der Waals surface area contributed by atoms with E-state index >= 15 is 0 Å². The van der Waals surface area contributed by atoms with Crippen molar-refractivity contribution in [2.24, 2.45) is 5.92 Å². The number of nitrogens with two attached hydrogens (primary N) is 1. The highest BCUT2D eigenvalue weighted by Crippen LogP contribution is 2.29. The summed E-state index contributed by atoms with van der Waals surface area (Å²) in [5, 5.41) is 5.14. The van der Waals surface area contributed by atoms with Crippen molar-refractivity contribution in [3.05, 3.63) is 30.0 Å². The van der Waals surface area contributed by atoms with E-state index in [0.29, 0.717) is 18.3 Å². The van der Waals surface area contributed by atoms with E-state index in [1.165, 1.54) is 0 Å². The molecule has 0 saturated carbocycles. The smallest absolute Gasteiger partial charge is 0.213 e. The number of anilines is 1. The van der Waals surface area contributed by atoms with E-state index in [-0.39, 0.29) is 0 Å². The molecule has 5 nitrogen and oxygen atoms in total. The standard InChI is InChI=1S/C15H18N4OS/c1-9(2)8-20-11-4-5-12-13(7-11)21-15(17-12)19-14(16)6-10(3)18-19/h4-7,9H,8,16H2,1-3H3. The Morgan fingerprint density at radius 3 is 2.81 bits per heavy atom. The molecule has 6 heteroatoms. The van der Waals surface area contributed by atoms with E-state index in [2.05, 4.69) is 23.9 Å². The maximum atomic E-state index is 5.95. The Labute approximate surface area is 127 Å². The van der Waals surface area contributed by atoms with Gasteiger partial charge in [0, 0.05) is 6.07 Å². The van der Waals surface area contributed by atoms with Crippen LogP contribution in [0.5, 0.6) is 5.75 Å². The summed E-state index contributed by atoms with van der Waals surface area (Å²) in [6.45, 7) is 6.89. The van der Waals surface area contributed by atoms with Gasteiger partial charge < -0.3 is 10.5 Å². The third kappa shape index (κ3) is 2.85. The van der Waals surface area contributed by atoms with Gasteiger partial charge in [-0.15, -0.1) is 0 Å². The Bertz CT molecular complexity index is 775.